The molecule has 1 aromatic carbocycles. The van der Waals surface area contributed by atoms with E-state index >= 15 is 0 Å². The van der Waals surface area contributed by atoms with E-state index in [4.69, 9.17) is 11.0 Å². The molecule has 0 saturated heterocycles. The lowest BCUT2D eigenvalue weighted by molar-refractivity contribution is 0.461. The molecule has 21 heavy (non-hydrogen) atoms. The Morgan fingerprint density at radius 3 is 2.76 bits per heavy atom. The van der Waals surface area contributed by atoms with Gasteiger partial charge in [-0.3, -0.25) is 0 Å². The maximum absolute atomic E-state index is 12.5. The van der Waals surface area contributed by atoms with Crippen molar-refractivity contribution < 1.29 is 8.42 Å². The Bertz CT molecular complexity index is 785. The van der Waals surface area contributed by atoms with E-state index in [9.17, 15) is 8.42 Å². The summed E-state index contributed by atoms with van der Waals surface area (Å²) >= 11 is 0. The third kappa shape index (κ3) is 2.89. The molecule has 0 atom stereocenters. The van der Waals surface area contributed by atoms with E-state index < -0.39 is 10.0 Å². The van der Waals surface area contributed by atoms with Gasteiger partial charge in [0, 0.05) is 20.6 Å². The van der Waals surface area contributed by atoms with Crippen LogP contribution in [0.4, 0.5) is 5.82 Å². The highest BCUT2D eigenvalue weighted by Crippen LogP contribution is 2.21. The molecule has 0 aliphatic rings. The van der Waals surface area contributed by atoms with Gasteiger partial charge in [-0.2, -0.15) is 9.57 Å². The number of aromatic nitrogens is 2. The number of nitrogens with zero attached hydrogens (tertiary/aromatic N) is 4. The predicted octanol–water partition coefficient (Wildman–Crippen LogP) is 0.695. The summed E-state index contributed by atoms with van der Waals surface area (Å²) in [7, 11) is -0.720. The number of aryl methyl sites for hydroxylation is 1. The van der Waals surface area contributed by atoms with Crippen LogP contribution in [-0.2, 0) is 23.6 Å². The molecular formula is C13H15N5O2S. The number of rotatable bonds is 4. The van der Waals surface area contributed by atoms with Crippen LogP contribution in [0, 0.1) is 11.3 Å². The van der Waals surface area contributed by atoms with Crippen molar-refractivity contribution in [3.63, 3.8) is 0 Å². The molecule has 0 radical (unpaired) electrons. The summed E-state index contributed by atoms with van der Waals surface area (Å²) < 4.78 is 27.6. The van der Waals surface area contributed by atoms with Crippen molar-refractivity contribution >= 4 is 15.8 Å². The van der Waals surface area contributed by atoms with Gasteiger partial charge < -0.3 is 10.3 Å². The van der Waals surface area contributed by atoms with Gasteiger partial charge in [0.05, 0.1) is 18.0 Å². The lowest BCUT2D eigenvalue weighted by Crippen LogP contribution is -2.28. The fraction of sp³-hybridized carbons (Fsp3) is 0.231. The van der Waals surface area contributed by atoms with Crippen LogP contribution in [0.25, 0.3) is 0 Å². The lowest BCUT2D eigenvalue weighted by Gasteiger charge is -2.17. The second-order valence-electron chi connectivity index (χ2n) is 4.62. The van der Waals surface area contributed by atoms with Crippen molar-refractivity contribution in [2.24, 2.45) is 7.05 Å². The third-order valence-electron chi connectivity index (χ3n) is 3.03. The second kappa shape index (κ2) is 5.55. The third-order valence-corrected chi connectivity index (χ3v) is 4.96. The Hall–Kier alpha value is -2.37. The standard InChI is InChI=1S/C13H15N5O2S/c1-17-9-16-12(15)13(17)21(19,20)18(2)8-11-5-3-4-10(6-11)7-14/h3-6,9H,8,15H2,1-2H3. The Morgan fingerprint density at radius 2 is 2.19 bits per heavy atom. The molecule has 2 aromatic rings. The van der Waals surface area contributed by atoms with Gasteiger partial charge in [-0.15, -0.1) is 0 Å². The zero-order chi connectivity index (χ0) is 15.6. The van der Waals surface area contributed by atoms with Crippen LogP contribution in [0.3, 0.4) is 0 Å². The molecule has 2 rings (SSSR count). The molecule has 0 spiro atoms. The smallest absolute Gasteiger partial charge is 0.262 e. The van der Waals surface area contributed by atoms with E-state index in [0.717, 1.165) is 5.56 Å². The van der Waals surface area contributed by atoms with Crippen LogP contribution < -0.4 is 5.73 Å². The van der Waals surface area contributed by atoms with Crippen LogP contribution in [0.1, 0.15) is 11.1 Å². The summed E-state index contributed by atoms with van der Waals surface area (Å²) in [5.74, 6) is -0.0323. The zero-order valence-corrected chi connectivity index (χ0v) is 12.5. The van der Waals surface area contributed by atoms with Crippen molar-refractivity contribution in [3.8, 4) is 6.07 Å². The van der Waals surface area contributed by atoms with E-state index in [2.05, 4.69) is 4.98 Å². The summed E-state index contributed by atoms with van der Waals surface area (Å²) in [4.78, 5) is 3.79. The number of imidazole rings is 1. The van der Waals surface area contributed by atoms with Crippen LogP contribution in [0.5, 0.6) is 0 Å². The first-order chi connectivity index (χ1) is 9.86. The van der Waals surface area contributed by atoms with E-state index in [1.165, 1.54) is 22.2 Å². The van der Waals surface area contributed by atoms with Gasteiger partial charge in [-0.05, 0) is 17.7 Å². The summed E-state index contributed by atoms with van der Waals surface area (Å²) in [5.41, 5.74) is 6.83. The summed E-state index contributed by atoms with van der Waals surface area (Å²) in [6, 6.07) is 8.82. The van der Waals surface area contributed by atoms with E-state index in [-0.39, 0.29) is 17.4 Å². The lowest BCUT2D eigenvalue weighted by atomic mass is 10.1. The van der Waals surface area contributed by atoms with Crippen molar-refractivity contribution in [1.82, 2.24) is 13.9 Å². The van der Waals surface area contributed by atoms with Crippen molar-refractivity contribution in [3.05, 3.63) is 41.7 Å². The largest absolute Gasteiger partial charge is 0.381 e. The molecule has 1 heterocycles. The minimum atomic E-state index is -3.75. The van der Waals surface area contributed by atoms with Gasteiger partial charge in [0.15, 0.2) is 10.8 Å². The van der Waals surface area contributed by atoms with Gasteiger partial charge in [-0.25, -0.2) is 13.4 Å². The molecule has 110 valence electrons. The summed E-state index contributed by atoms with van der Waals surface area (Å²) in [5, 5.41) is 8.83. The quantitative estimate of drug-likeness (QED) is 0.895. The zero-order valence-electron chi connectivity index (χ0n) is 11.7. The molecule has 0 fully saturated rings. The summed E-state index contributed by atoms with van der Waals surface area (Å²) in [6.45, 7) is 0.141. The molecule has 7 nitrogen and oxygen atoms in total. The number of benzene rings is 1. The minimum Gasteiger partial charge on any atom is -0.381 e. The van der Waals surface area contributed by atoms with Gasteiger partial charge >= 0.3 is 0 Å². The Labute approximate surface area is 123 Å². The first kappa shape index (κ1) is 15.0. The first-order valence-corrected chi connectivity index (χ1v) is 7.52. The Morgan fingerprint density at radius 1 is 1.48 bits per heavy atom. The van der Waals surface area contributed by atoms with Crippen LogP contribution in [-0.4, -0.2) is 29.3 Å². The normalized spacial score (nSPS) is 11.5. The van der Waals surface area contributed by atoms with Crippen LogP contribution in [0.15, 0.2) is 35.6 Å². The van der Waals surface area contributed by atoms with Gasteiger partial charge in [0.1, 0.15) is 0 Å². The number of hydrogen-bond donors (Lipinski definition) is 1. The molecule has 8 heteroatoms. The van der Waals surface area contributed by atoms with Gasteiger partial charge in [0.2, 0.25) is 0 Å². The van der Waals surface area contributed by atoms with Gasteiger partial charge in [-0.1, -0.05) is 12.1 Å². The number of nitrogens with two attached hydrogens (primary N) is 1. The highest BCUT2D eigenvalue weighted by atomic mass is 32.2. The van der Waals surface area contributed by atoms with E-state index in [1.54, 1.807) is 31.3 Å². The topological polar surface area (TPSA) is 105 Å². The molecule has 0 unspecified atom stereocenters. The number of anilines is 1. The molecule has 0 aliphatic carbocycles. The highest BCUT2D eigenvalue weighted by Gasteiger charge is 2.27. The van der Waals surface area contributed by atoms with Crippen molar-refractivity contribution in [2.75, 3.05) is 12.8 Å². The maximum atomic E-state index is 12.5. The van der Waals surface area contributed by atoms with Crippen molar-refractivity contribution in [2.45, 2.75) is 11.6 Å². The number of nitrogen functional groups attached to an aromatic ring is 1. The fourth-order valence-electron chi connectivity index (χ4n) is 1.98. The summed E-state index contributed by atoms with van der Waals surface area (Å²) in [6.07, 6.45) is 1.35. The maximum Gasteiger partial charge on any atom is 0.262 e. The Kier molecular flexibility index (Phi) is 3.97. The minimum absolute atomic E-state index is 0.0323. The van der Waals surface area contributed by atoms with E-state index in [1.807, 2.05) is 6.07 Å². The first-order valence-electron chi connectivity index (χ1n) is 6.08. The number of hydrogen-bond acceptors (Lipinski definition) is 5. The fourth-order valence-corrected chi connectivity index (χ4v) is 3.32. The molecule has 0 saturated carbocycles. The SMILES string of the molecule is CN(Cc1cccc(C#N)c1)S(=O)(=O)c1c(N)ncn1C. The molecule has 0 aliphatic heterocycles. The van der Waals surface area contributed by atoms with Gasteiger partial charge in [0.25, 0.3) is 10.0 Å². The molecule has 1 aromatic heterocycles. The predicted molar refractivity (Wildman–Crippen MR) is 77.4 cm³/mol. The van der Waals surface area contributed by atoms with Crippen LogP contribution >= 0.6 is 0 Å². The number of nitriles is 1. The van der Waals surface area contributed by atoms with E-state index in [0.29, 0.717) is 5.56 Å². The monoisotopic (exact) mass is 305 g/mol. The highest BCUT2D eigenvalue weighted by molar-refractivity contribution is 7.89. The average Bonchev–Trinajstić information content (AvgIpc) is 2.78. The second-order valence-corrected chi connectivity index (χ2v) is 6.58. The molecule has 2 N–H and O–H groups in total. The average molecular weight is 305 g/mol. The van der Waals surface area contributed by atoms with Crippen molar-refractivity contribution in [1.29, 1.82) is 5.26 Å². The molecule has 0 bridgehead atoms. The van der Waals surface area contributed by atoms with Crippen LogP contribution in [0.2, 0.25) is 0 Å². The number of sulfonamides is 1. The molecule has 0 amide bonds. The Balaban J connectivity index is 2.31. The molecular weight excluding hydrogens is 290 g/mol.